The molecule has 34 heavy (non-hydrogen) atoms. The summed E-state index contributed by atoms with van der Waals surface area (Å²) in [6.07, 6.45) is 0.712. The van der Waals surface area contributed by atoms with Crippen molar-refractivity contribution in [2.45, 2.75) is 20.0 Å². The van der Waals surface area contributed by atoms with Crippen molar-refractivity contribution in [2.75, 3.05) is 12.3 Å². The number of para-hydroxylation sites is 2. The fraction of sp³-hybridized carbons (Fsp3) is 0.148. The maximum absolute atomic E-state index is 12.9. The second-order valence-corrected chi connectivity index (χ2v) is 7.88. The van der Waals surface area contributed by atoms with E-state index < -0.39 is 5.97 Å². The molecule has 0 fully saturated rings. The zero-order valence-corrected chi connectivity index (χ0v) is 18.8. The Hall–Kier alpha value is -4.39. The maximum Gasteiger partial charge on any atom is 0.344 e. The van der Waals surface area contributed by atoms with Gasteiger partial charge in [-0.1, -0.05) is 49.4 Å². The summed E-state index contributed by atoms with van der Waals surface area (Å²) in [6, 6.07) is 25.0. The van der Waals surface area contributed by atoms with Crippen LogP contribution in [0.2, 0.25) is 0 Å². The van der Waals surface area contributed by atoms with Crippen LogP contribution in [-0.4, -0.2) is 27.1 Å². The molecule has 7 nitrogen and oxygen atoms in total. The van der Waals surface area contributed by atoms with Crippen LogP contribution in [0.4, 0.5) is 5.82 Å². The van der Waals surface area contributed by atoms with E-state index in [1.54, 1.807) is 4.57 Å². The van der Waals surface area contributed by atoms with E-state index in [9.17, 15) is 4.79 Å². The summed E-state index contributed by atoms with van der Waals surface area (Å²) >= 11 is 0. The predicted molar refractivity (Wildman–Crippen MR) is 132 cm³/mol. The molecule has 2 aromatic heterocycles. The van der Waals surface area contributed by atoms with Crippen molar-refractivity contribution in [3.8, 4) is 11.4 Å². The van der Waals surface area contributed by atoms with E-state index >= 15 is 0 Å². The highest BCUT2D eigenvalue weighted by Crippen LogP contribution is 2.32. The van der Waals surface area contributed by atoms with Gasteiger partial charge in [0, 0.05) is 5.69 Å². The SMILES string of the molecule is CCCOC(=O)c1c(N)n(-c2ccc(OCc3ccccc3)cc2)c2nc3ccccc3nc12. The molecule has 0 saturated heterocycles. The average Bonchev–Trinajstić information content (AvgIpc) is 3.16. The van der Waals surface area contributed by atoms with Gasteiger partial charge >= 0.3 is 5.97 Å². The molecule has 0 aliphatic heterocycles. The summed E-state index contributed by atoms with van der Waals surface area (Å²) in [5.41, 5.74) is 10.9. The lowest BCUT2D eigenvalue weighted by molar-refractivity contribution is 0.0508. The highest BCUT2D eigenvalue weighted by atomic mass is 16.5. The second kappa shape index (κ2) is 9.23. The van der Waals surface area contributed by atoms with Gasteiger partial charge in [0.25, 0.3) is 0 Å². The van der Waals surface area contributed by atoms with Crippen molar-refractivity contribution < 1.29 is 14.3 Å². The molecule has 0 atom stereocenters. The molecule has 0 amide bonds. The molecule has 0 aliphatic rings. The Morgan fingerprint density at radius 3 is 2.29 bits per heavy atom. The third-order valence-corrected chi connectivity index (χ3v) is 5.48. The molecule has 0 bridgehead atoms. The Morgan fingerprint density at radius 1 is 0.912 bits per heavy atom. The fourth-order valence-electron chi connectivity index (χ4n) is 3.82. The monoisotopic (exact) mass is 452 g/mol. The summed E-state index contributed by atoms with van der Waals surface area (Å²) in [4.78, 5) is 22.4. The van der Waals surface area contributed by atoms with Crippen LogP contribution >= 0.6 is 0 Å². The first-order chi connectivity index (χ1) is 16.7. The number of fused-ring (bicyclic) bond motifs is 2. The van der Waals surface area contributed by atoms with Crippen molar-refractivity contribution in [1.82, 2.24) is 14.5 Å². The van der Waals surface area contributed by atoms with Crippen LogP contribution in [0.5, 0.6) is 5.75 Å². The van der Waals surface area contributed by atoms with Gasteiger partial charge in [0.2, 0.25) is 0 Å². The first-order valence-corrected chi connectivity index (χ1v) is 11.2. The van der Waals surface area contributed by atoms with Crippen LogP contribution in [0.25, 0.3) is 27.9 Å². The molecule has 0 radical (unpaired) electrons. The van der Waals surface area contributed by atoms with Crippen LogP contribution in [0.15, 0.2) is 78.9 Å². The average molecular weight is 453 g/mol. The van der Waals surface area contributed by atoms with Gasteiger partial charge < -0.3 is 15.2 Å². The summed E-state index contributed by atoms with van der Waals surface area (Å²) in [5, 5.41) is 0. The van der Waals surface area contributed by atoms with Gasteiger partial charge in [0.1, 0.15) is 29.3 Å². The maximum atomic E-state index is 12.9. The summed E-state index contributed by atoms with van der Waals surface area (Å²) in [6.45, 7) is 2.72. The molecule has 170 valence electrons. The topological polar surface area (TPSA) is 92.3 Å². The molecule has 2 heterocycles. The van der Waals surface area contributed by atoms with Gasteiger partial charge in [-0.3, -0.25) is 4.57 Å². The molecule has 2 N–H and O–H groups in total. The van der Waals surface area contributed by atoms with Crippen molar-refractivity contribution >= 4 is 34.0 Å². The van der Waals surface area contributed by atoms with Gasteiger partial charge in [-0.15, -0.1) is 0 Å². The Kier molecular flexibility index (Phi) is 5.82. The lowest BCUT2D eigenvalue weighted by Gasteiger charge is -2.10. The Bertz CT molecular complexity index is 1460. The number of nitrogen functional groups attached to an aromatic ring is 1. The first-order valence-electron chi connectivity index (χ1n) is 11.2. The van der Waals surface area contributed by atoms with Crippen LogP contribution in [0.1, 0.15) is 29.3 Å². The number of carbonyl (C=O) groups excluding carboxylic acids is 1. The van der Waals surface area contributed by atoms with Gasteiger partial charge in [-0.25, -0.2) is 14.8 Å². The minimum atomic E-state index is -0.504. The van der Waals surface area contributed by atoms with Crippen LogP contribution in [0.3, 0.4) is 0 Å². The number of nitrogens with two attached hydrogens (primary N) is 1. The van der Waals surface area contributed by atoms with E-state index in [-0.39, 0.29) is 11.4 Å². The number of hydrogen-bond donors (Lipinski definition) is 1. The van der Waals surface area contributed by atoms with E-state index in [0.29, 0.717) is 41.8 Å². The van der Waals surface area contributed by atoms with Gasteiger partial charge in [0.15, 0.2) is 5.65 Å². The molecule has 0 aliphatic carbocycles. The van der Waals surface area contributed by atoms with Crippen molar-refractivity contribution in [3.63, 3.8) is 0 Å². The van der Waals surface area contributed by atoms with Crippen molar-refractivity contribution in [2.24, 2.45) is 0 Å². The van der Waals surface area contributed by atoms with E-state index in [0.717, 1.165) is 17.0 Å². The standard InChI is InChI=1S/C27H24N4O3/c1-2-16-33-27(32)23-24-26(30-22-11-7-6-10-21(22)29-24)31(25(23)28)19-12-14-20(15-13-19)34-17-18-8-4-3-5-9-18/h3-15H,2,16-17,28H2,1H3. The van der Waals surface area contributed by atoms with Crippen LogP contribution < -0.4 is 10.5 Å². The quantitative estimate of drug-likeness (QED) is 0.337. The Labute approximate surface area is 196 Å². The molecule has 5 aromatic rings. The summed E-state index contributed by atoms with van der Waals surface area (Å²) in [5.74, 6) is 0.460. The van der Waals surface area contributed by atoms with Crippen LogP contribution in [-0.2, 0) is 11.3 Å². The minimum Gasteiger partial charge on any atom is -0.489 e. The third kappa shape index (κ3) is 4.03. The molecule has 3 aromatic carbocycles. The summed E-state index contributed by atoms with van der Waals surface area (Å²) in [7, 11) is 0. The van der Waals surface area contributed by atoms with E-state index in [4.69, 9.17) is 25.2 Å². The summed E-state index contributed by atoms with van der Waals surface area (Å²) < 4.78 is 13.0. The Balaban J connectivity index is 1.56. The molecule has 0 saturated carbocycles. The number of aromatic nitrogens is 3. The van der Waals surface area contributed by atoms with Crippen LogP contribution in [0, 0.1) is 0 Å². The molecule has 0 spiro atoms. The number of nitrogens with zero attached hydrogens (tertiary/aromatic N) is 3. The predicted octanol–water partition coefficient (Wildman–Crippen LogP) is 5.30. The van der Waals surface area contributed by atoms with E-state index in [1.165, 1.54) is 0 Å². The molecule has 0 unspecified atom stereocenters. The minimum absolute atomic E-state index is 0.228. The third-order valence-electron chi connectivity index (χ3n) is 5.48. The zero-order chi connectivity index (χ0) is 23.5. The number of anilines is 1. The Morgan fingerprint density at radius 2 is 1.59 bits per heavy atom. The van der Waals surface area contributed by atoms with E-state index in [2.05, 4.69) is 0 Å². The fourth-order valence-corrected chi connectivity index (χ4v) is 3.82. The highest BCUT2D eigenvalue weighted by molar-refractivity contribution is 6.09. The number of carbonyl (C=O) groups is 1. The number of hydrogen-bond acceptors (Lipinski definition) is 6. The number of esters is 1. The largest absolute Gasteiger partial charge is 0.489 e. The highest BCUT2D eigenvalue weighted by Gasteiger charge is 2.25. The first kappa shape index (κ1) is 21.5. The van der Waals surface area contributed by atoms with E-state index in [1.807, 2.05) is 85.8 Å². The lowest BCUT2D eigenvalue weighted by Crippen LogP contribution is -2.10. The number of ether oxygens (including phenoxy) is 2. The van der Waals surface area contributed by atoms with Gasteiger partial charge in [-0.05, 0) is 48.4 Å². The molecule has 7 heteroatoms. The number of rotatable bonds is 7. The molecule has 5 rings (SSSR count). The smallest absolute Gasteiger partial charge is 0.344 e. The van der Waals surface area contributed by atoms with Crippen molar-refractivity contribution in [3.05, 3.63) is 90.0 Å². The number of benzene rings is 3. The normalized spacial score (nSPS) is 11.1. The lowest BCUT2D eigenvalue weighted by atomic mass is 10.2. The second-order valence-electron chi connectivity index (χ2n) is 7.88. The van der Waals surface area contributed by atoms with Gasteiger partial charge in [0.05, 0.1) is 17.6 Å². The molecular weight excluding hydrogens is 428 g/mol. The zero-order valence-electron chi connectivity index (χ0n) is 18.8. The van der Waals surface area contributed by atoms with Gasteiger partial charge in [-0.2, -0.15) is 0 Å². The molecular formula is C27H24N4O3. The van der Waals surface area contributed by atoms with Crippen molar-refractivity contribution in [1.29, 1.82) is 0 Å².